The minimum absolute atomic E-state index is 0. The van der Waals surface area contributed by atoms with E-state index in [1.807, 2.05) is 0 Å². The van der Waals surface area contributed by atoms with Gasteiger partial charge in [0.05, 0.1) is 0 Å². The van der Waals surface area contributed by atoms with Crippen molar-refractivity contribution in [3.8, 4) is 0 Å². The fourth-order valence-electron chi connectivity index (χ4n) is 1.26. The van der Waals surface area contributed by atoms with Crippen molar-refractivity contribution in [2.75, 3.05) is 0 Å². The number of hydrogen-bond acceptors (Lipinski definition) is 3. The summed E-state index contributed by atoms with van der Waals surface area (Å²) in [5.41, 5.74) is 5.62. The average molecular weight is 225 g/mol. The summed E-state index contributed by atoms with van der Waals surface area (Å²) in [6.07, 6.45) is 6.82. The second-order valence-corrected chi connectivity index (χ2v) is 3.58. The molecule has 0 heterocycles. The van der Waals surface area contributed by atoms with Gasteiger partial charge >= 0.3 is 35.5 Å². The van der Waals surface area contributed by atoms with Crippen LogP contribution in [0.2, 0.25) is 0 Å². The molecule has 0 saturated carbocycles. The SMILES string of the molecule is CCCCCCCC(N)OC(=O)CC.[NaH]. The maximum atomic E-state index is 10.9. The van der Waals surface area contributed by atoms with Gasteiger partial charge in [-0.2, -0.15) is 0 Å². The molecule has 0 aliphatic heterocycles. The van der Waals surface area contributed by atoms with Gasteiger partial charge < -0.3 is 4.74 Å². The van der Waals surface area contributed by atoms with Crippen LogP contribution in [0.25, 0.3) is 0 Å². The van der Waals surface area contributed by atoms with Crippen molar-refractivity contribution in [1.29, 1.82) is 0 Å². The van der Waals surface area contributed by atoms with Crippen LogP contribution in [-0.2, 0) is 9.53 Å². The van der Waals surface area contributed by atoms with E-state index in [1.54, 1.807) is 6.92 Å². The van der Waals surface area contributed by atoms with Gasteiger partial charge in [-0.25, -0.2) is 0 Å². The van der Waals surface area contributed by atoms with E-state index in [2.05, 4.69) is 6.92 Å². The molecule has 0 aliphatic rings. The normalized spacial score (nSPS) is 11.7. The molecule has 0 rings (SSSR count). The molecule has 0 aromatic rings. The fraction of sp³-hybridized carbons (Fsp3) is 0.909. The number of rotatable bonds is 8. The van der Waals surface area contributed by atoms with E-state index < -0.39 is 6.23 Å². The van der Waals surface area contributed by atoms with Crippen LogP contribution in [0, 0.1) is 0 Å². The molecular formula is C11H24NNaO2. The first-order chi connectivity index (χ1) is 6.70. The van der Waals surface area contributed by atoms with E-state index in [1.165, 1.54) is 25.7 Å². The van der Waals surface area contributed by atoms with E-state index in [0.717, 1.165) is 12.8 Å². The van der Waals surface area contributed by atoms with Gasteiger partial charge in [0, 0.05) is 6.42 Å². The van der Waals surface area contributed by atoms with Gasteiger partial charge in [-0.3, -0.25) is 10.5 Å². The summed E-state index contributed by atoms with van der Waals surface area (Å²) in [5.74, 6) is -0.203. The number of nitrogens with two attached hydrogens (primary N) is 1. The predicted molar refractivity (Wildman–Crippen MR) is 64.9 cm³/mol. The second kappa shape index (κ2) is 12.5. The number of hydrogen-bond donors (Lipinski definition) is 1. The fourth-order valence-corrected chi connectivity index (χ4v) is 1.26. The van der Waals surface area contributed by atoms with Crippen LogP contribution in [0.1, 0.15) is 58.8 Å². The van der Waals surface area contributed by atoms with Crippen molar-refractivity contribution in [3.63, 3.8) is 0 Å². The van der Waals surface area contributed by atoms with Crippen molar-refractivity contribution >= 4 is 35.5 Å². The van der Waals surface area contributed by atoms with Gasteiger partial charge in [-0.1, -0.05) is 39.5 Å². The molecule has 1 unspecified atom stereocenters. The van der Waals surface area contributed by atoms with Gasteiger partial charge in [0.25, 0.3) is 0 Å². The molecule has 0 amide bonds. The Morgan fingerprint density at radius 1 is 1.20 bits per heavy atom. The molecule has 15 heavy (non-hydrogen) atoms. The molecule has 0 radical (unpaired) electrons. The Morgan fingerprint density at radius 3 is 2.33 bits per heavy atom. The first kappa shape index (κ1) is 17.8. The van der Waals surface area contributed by atoms with E-state index in [-0.39, 0.29) is 35.5 Å². The molecule has 0 saturated heterocycles. The standard InChI is InChI=1S/C11H23NO2.Na.H/c1-3-5-6-7-8-9-10(12)14-11(13)4-2;;/h10H,3-9,12H2,1-2H3;;. The second-order valence-electron chi connectivity index (χ2n) is 3.58. The summed E-state index contributed by atoms with van der Waals surface area (Å²) >= 11 is 0. The Morgan fingerprint density at radius 2 is 1.80 bits per heavy atom. The van der Waals surface area contributed by atoms with Crippen LogP contribution in [0.3, 0.4) is 0 Å². The maximum absolute atomic E-state index is 10.9. The van der Waals surface area contributed by atoms with E-state index >= 15 is 0 Å². The minimum atomic E-state index is -0.399. The first-order valence-corrected chi connectivity index (χ1v) is 5.65. The summed E-state index contributed by atoms with van der Waals surface area (Å²) in [6, 6.07) is 0. The Kier molecular flexibility index (Phi) is 14.8. The molecule has 0 aromatic carbocycles. The Hall–Kier alpha value is 0.430. The zero-order valence-corrected chi connectivity index (χ0v) is 9.42. The quantitative estimate of drug-likeness (QED) is 0.297. The summed E-state index contributed by atoms with van der Waals surface area (Å²) in [5, 5.41) is 0. The van der Waals surface area contributed by atoms with Crippen molar-refractivity contribution in [3.05, 3.63) is 0 Å². The number of ether oxygens (including phenoxy) is 1. The van der Waals surface area contributed by atoms with Crippen molar-refractivity contribution in [2.24, 2.45) is 5.73 Å². The van der Waals surface area contributed by atoms with Crippen molar-refractivity contribution in [2.45, 2.75) is 65.0 Å². The molecular weight excluding hydrogens is 201 g/mol. The summed E-state index contributed by atoms with van der Waals surface area (Å²) in [4.78, 5) is 10.9. The molecule has 0 bridgehead atoms. The van der Waals surface area contributed by atoms with Gasteiger partial charge in [0.2, 0.25) is 0 Å². The molecule has 0 fully saturated rings. The topological polar surface area (TPSA) is 52.3 Å². The first-order valence-electron chi connectivity index (χ1n) is 5.65. The Bertz CT molecular complexity index is 154. The van der Waals surface area contributed by atoms with Gasteiger partial charge in [0.15, 0.2) is 6.23 Å². The summed E-state index contributed by atoms with van der Waals surface area (Å²) in [7, 11) is 0. The van der Waals surface area contributed by atoms with Crippen LogP contribution >= 0.6 is 0 Å². The monoisotopic (exact) mass is 225 g/mol. The molecule has 4 heteroatoms. The van der Waals surface area contributed by atoms with Gasteiger partial charge in [-0.15, -0.1) is 0 Å². The van der Waals surface area contributed by atoms with E-state index in [0.29, 0.717) is 6.42 Å². The van der Waals surface area contributed by atoms with E-state index in [9.17, 15) is 4.79 Å². The molecule has 0 spiro atoms. The van der Waals surface area contributed by atoms with Crippen LogP contribution in [0.5, 0.6) is 0 Å². The third kappa shape index (κ3) is 12.4. The third-order valence-corrected chi connectivity index (χ3v) is 2.16. The summed E-state index contributed by atoms with van der Waals surface area (Å²) in [6.45, 7) is 3.96. The molecule has 0 aromatic heterocycles. The Labute approximate surface area is 115 Å². The number of esters is 1. The van der Waals surface area contributed by atoms with Crippen LogP contribution < -0.4 is 5.73 Å². The van der Waals surface area contributed by atoms with Crippen LogP contribution in [0.15, 0.2) is 0 Å². The number of carbonyl (C=O) groups is 1. The van der Waals surface area contributed by atoms with Crippen molar-refractivity contribution in [1.82, 2.24) is 0 Å². The zero-order chi connectivity index (χ0) is 10.8. The van der Waals surface area contributed by atoms with E-state index in [4.69, 9.17) is 10.5 Å². The number of carbonyl (C=O) groups excluding carboxylic acids is 1. The Balaban J connectivity index is 0. The third-order valence-electron chi connectivity index (χ3n) is 2.16. The van der Waals surface area contributed by atoms with Crippen molar-refractivity contribution < 1.29 is 9.53 Å². The van der Waals surface area contributed by atoms with Crippen LogP contribution in [-0.4, -0.2) is 41.8 Å². The summed E-state index contributed by atoms with van der Waals surface area (Å²) < 4.78 is 4.94. The molecule has 3 nitrogen and oxygen atoms in total. The van der Waals surface area contributed by atoms with Gasteiger partial charge in [0.1, 0.15) is 0 Å². The molecule has 86 valence electrons. The van der Waals surface area contributed by atoms with Gasteiger partial charge in [-0.05, 0) is 12.8 Å². The molecule has 2 N–H and O–H groups in total. The zero-order valence-electron chi connectivity index (χ0n) is 9.42. The average Bonchev–Trinajstić information content (AvgIpc) is 2.17. The number of unbranched alkanes of at least 4 members (excludes halogenated alkanes) is 4. The molecule has 0 aliphatic carbocycles. The molecule has 1 atom stereocenters. The predicted octanol–water partition coefficient (Wildman–Crippen LogP) is 1.94. The van der Waals surface area contributed by atoms with Crippen LogP contribution in [0.4, 0.5) is 0 Å².